The average molecular weight is 349 g/mol. The summed E-state index contributed by atoms with van der Waals surface area (Å²) in [6.45, 7) is 6.10. The van der Waals surface area contributed by atoms with Gasteiger partial charge in [0.25, 0.3) is 0 Å². The van der Waals surface area contributed by atoms with E-state index in [9.17, 15) is 9.90 Å². The van der Waals surface area contributed by atoms with E-state index in [2.05, 4.69) is 22.5 Å². The van der Waals surface area contributed by atoms with Gasteiger partial charge in [0.1, 0.15) is 11.4 Å². The van der Waals surface area contributed by atoms with Crippen LogP contribution in [-0.2, 0) is 5.60 Å². The predicted molar refractivity (Wildman–Crippen MR) is 96.2 cm³/mol. The Morgan fingerprint density at radius 3 is 2.88 bits per heavy atom. The number of amides is 2. The number of nitrogens with zero attached hydrogens (tertiary/aromatic N) is 1. The molecule has 3 N–H and O–H groups in total. The van der Waals surface area contributed by atoms with Gasteiger partial charge in [0.2, 0.25) is 0 Å². The zero-order valence-corrected chi connectivity index (χ0v) is 15.3. The number of rotatable bonds is 6. The number of carbonyl (C=O) groups excluding carboxylic acids is 1. The van der Waals surface area contributed by atoms with E-state index >= 15 is 0 Å². The van der Waals surface area contributed by atoms with Crippen molar-refractivity contribution in [3.8, 4) is 0 Å². The first kappa shape index (κ1) is 18.3. The molecule has 0 bridgehead atoms. The van der Waals surface area contributed by atoms with Crippen LogP contribution in [-0.4, -0.2) is 47.8 Å². The summed E-state index contributed by atoms with van der Waals surface area (Å²) in [5, 5.41) is 16.2. The van der Waals surface area contributed by atoms with Crippen LogP contribution in [0.15, 0.2) is 22.8 Å². The molecule has 3 unspecified atom stereocenters. The molecule has 3 rings (SSSR count). The van der Waals surface area contributed by atoms with Gasteiger partial charge in [0.05, 0.1) is 12.8 Å². The van der Waals surface area contributed by atoms with Crippen molar-refractivity contribution >= 4 is 6.03 Å². The minimum absolute atomic E-state index is 0.109. The van der Waals surface area contributed by atoms with Crippen molar-refractivity contribution in [1.29, 1.82) is 0 Å². The Kier molecular flexibility index (Phi) is 5.69. The SMILES string of the molecule is CC(NC(=O)NCC(C)(O)c1ccco1)C1CCCN(C2CCC2)C1. The third kappa shape index (κ3) is 4.55. The number of urea groups is 1. The van der Waals surface area contributed by atoms with E-state index in [1.54, 1.807) is 19.1 Å². The second-order valence-corrected chi connectivity index (χ2v) is 7.85. The van der Waals surface area contributed by atoms with Crippen molar-refractivity contribution in [2.24, 2.45) is 5.92 Å². The zero-order chi connectivity index (χ0) is 17.9. The molecule has 6 heteroatoms. The fourth-order valence-electron chi connectivity index (χ4n) is 3.83. The van der Waals surface area contributed by atoms with Gasteiger partial charge in [-0.3, -0.25) is 0 Å². The van der Waals surface area contributed by atoms with E-state index in [0.717, 1.165) is 19.0 Å². The third-order valence-corrected chi connectivity index (χ3v) is 5.79. The van der Waals surface area contributed by atoms with E-state index in [0.29, 0.717) is 11.7 Å². The molecule has 0 spiro atoms. The number of hydrogen-bond acceptors (Lipinski definition) is 4. The van der Waals surface area contributed by atoms with Crippen LogP contribution >= 0.6 is 0 Å². The first-order valence-corrected chi connectivity index (χ1v) is 9.50. The molecule has 2 heterocycles. The van der Waals surface area contributed by atoms with Gasteiger partial charge in [-0.05, 0) is 64.1 Å². The molecule has 1 saturated heterocycles. The summed E-state index contributed by atoms with van der Waals surface area (Å²) in [6.07, 6.45) is 7.91. The van der Waals surface area contributed by atoms with E-state index in [1.165, 1.54) is 38.5 Å². The van der Waals surface area contributed by atoms with Crippen LogP contribution in [0, 0.1) is 5.92 Å². The Morgan fingerprint density at radius 2 is 2.24 bits per heavy atom. The van der Waals surface area contributed by atoms with Crippen molar-refractivity contribution < 1.29 is 14.3 Å². The van der Waals surface area contributed by atoms with Crippen LogP contribution in [0.25, 0.3) is 0 Å². The highest BCUT2D eigenvalue weighted by molar-refractivity contribution is 5.74. The van der Waals surface area contributed by atoms with Crippen molar-refractivity contribution in [1.82, 2.24) is 15.5 Å². The summed E-state index contributed by atoms with van der Waals surface area (Å²) in [4.78, 5) is 14.8. The van der Waals surface area contributed by atoms with Gasteiger partial charge >= 0.3 is 6.03 Å². The third-order valence-electron chi connectivity index (χ3n) is 5.79. The molecule has 1 saturated carbocycles. The summed E-state index contributed by atoms with van der Waals surface area (Å²) >= 11 is 0. The highest BCUT2D eigenvalue weighted by atomic mass is 16.4. The lowest BCUT2D eigenvalue weighted by atomic mass is 9.86. The van der Waals surface area contributed by atoms with Crippen LogP contribution in [0.3, 0.4) is 0 Å². The van der Waals surface area contributed by atoms with E-state index in [-0.39, 0.29) is 18.6 Å². The highest BCUT2D eigenvalue weighted by Gasteiger charge is 2.32. The Bertz CT molecular complexity index is 554. The van der Waals surface area contributed by atoms with Crippen LogP contribution in [0.2, 0.25) is 0 Å². The van der Waals surface area contributed by atoms with Gasteiger partial charge in [0, 0.05) is 18.6 Å². The molecule has 2 fully saturated rings. The lowest BCUT2D eigenvalue weighted by Crippen LogP contribution is -2.53. The van der Waals surface area contributed by atoms with Gasteiger partial charge in [0.15, 0.2) is 0 Å². The van der Waals surface area contributed by atoms with E-state index in [1.807, 2.05) is 0 Å². The maximum atomic E-state index is 12.2. The molecular weight excluding hydrogens is 318 g/mol. The molecule has 0 radical (unpaired) electrons. The van der Waals surface area contributed by atoms with Gasteiger partial charge in [-0.25, -0.2) is 4.79 Å². The molecule has 1 aromatic rings. The van der Waals surface area contributed by atoms with Gasteiger partial charge in [-0.1, -0.05) is 6.42 Å². The minimum atomic E-state index is -1.21. The summed E-state index contributed by atoms with van der Waals surface area (Å²) in [5.41, 5.74) is -1.21. The predicted octanol–water partition coefficient (Wildman–Crippen LogP) is 2.44. The monoisotopic (exact) mass is 349 g/mol. The topological polar surface area (TPSA) is 77.7 Å². The quantitative estimate of drug-likeness (QED) is 0.737. The first-order valence-electron chi connectivity index (χ1n) is 9.50. The molecule has 1 aliphatic carbocycles. The molecule has 25 heavy (non-hydrogen) atoms. The number of piperidine rings is 1. The summed E-state index contributed by atoms with van der Waals surface area (Å²) in [6, 6.07) is 4.09. The fourth-order valence-corrected chi connectivity index (χ4v) is 3.83. The maximum Gasteiger partial charge on any atom is 0.315 e. The number of carbonyl (C=O) groups is 1. The maximum absolute atomic E-state index is 12.2. The highest BCUT2D eigenvalue weighted by Crippen LogP contribution is 2.30. The molecule has 2 amide bonds. The number of furan rings is 1. The number of hydrogen-bond donors (Lipinski definition) is 3. The Balaban J connectivity index is 1.44. The molecule has 3 atom stereocenters. The summed E-state index contributed by atoms with van der Waals surface area (Å²) in [7, 11) is 0. The van der Waals surface area contributed by atoms with Crippen molar-refractivity contribution in [3.05, 3.63) is 24.2 Å². The normalized spacial score (nSPS) is 25.6. The van der Waals surface area contributed by atoms with E-state index in [4.69, 9.17) is 4.42 Å². The summed E-state index contributed by atoms with van der Waals surface area (Å²) in [5.74, 6) is 0.940. The lowest BCUT2D eigenvalue weighted by Gasteiger charge is -2.43. The van der Waals surface area contributed by atoms with Crippen molar-refractivity contribution in [2.45, 2.75) is 63.6 Å². The fraction of sp³-hybridized carbons (Fsp3) is 0.737. The van der Waals surface area contributed by atoms with Crippen LogP contribution in [0.4, 0.5) is 4.79 Å². The first-order chi connectivity index (χ1) is 12.0. The van der Waals surface area contributed by atoms with Crippen LogP contribution < -0.4 is 10.6 Å². The zero-order valence-electron chi connectivity index (χ0n) is 15.3. The van der Waals surface area contributed by atoms with Gasteiger partial charge in [-0.15, -0.1) is 0 Å². The van der Waals surface area contributed by atoms with Crippen LogP contribution in [0.5, 0.6) is 0 Å². The Hall–Kier alpha value is -1.53. The lowest BCUT2D eigenvalue weighted by molar-refractivity contribution is 0.0362. The molecule has 2 aliphatic rings. The van der Waals surface area contributed by atoms with E-state index < -0.39 is 5.60 Å². The van der Waals surface area contributed by atoms with Crippen molar-refractivity contribution in [3.63, 3.8) is 0 Å². The van der Waals surface area contributed by atoms with Gasteiger partial charge < -0.3 is 25.1 Å². The molecule has 1 aromatic heterocycles. The largest absolute Gasteiger partial charge is 0.466 e. The van der Waals surface area contributed by atoms with Crippen LogP contribution in [0.1, 0.15) is 51.7 Å². The smallest absolute Gasteiger partial charge is 0.315 e. The second-order valence-electron chi connectivity index (χ2n) is 7.85. The van der Waals surface area contributed by atoms with Gasteiger partial charge in [-0.2, -0.15) is 0 Å². The minimum Gasteiger partial charge on any atom is -0.466 e. The Morgan fingerprint density at radius 1 is 1.44 bits per heavy atom. The van der Waals surface area contributed by atoms with Crippen molar-refractivity contribution in [2.75, 3.05) is 19.6 Å². The average Bonchev–Trinajstić information content (AvgIpc) is 3.07. The Labute approximate surface area is 150 Å². The number of aliphatic hydroxyl groups is 1. The molecule has 140 valence electrons. The number of likely N-dealkylation sites (tertiary alicyclic amines) is 1. The molecule has 1 aliphatic heterocycles. The second kappa shape index (κ2) is 7.79. The molecule has 6 nitrogen and oxygen atoms in total. The number of nitrogens with one attached hydrogen (secondary N) is 2. The standard InChI is InChI=1S/C19H31N3O3/c1-14(15-6-4-10-22(12-15)16-7-3-8-16)21-18(23)20-13-19(2,24)17-9-5-11-25-17/h5,9,11,14-16,24H,3-4,6-8,10,12-13H2,1-2H3,(H2,20,21,23). The molecule has 0 aromatic carbocycles. The summed E-state index contributed by atoms with van der Waals surface area (Å²) < 4.78 is 5.23. The molecular formula is C19H31N3O3.